The lowest BCUT2D eigenvalue weighted by molar-refractivity contribution is 0.0743. The molecule has 0 N–H and O–H groups in total. The molecule has 0 atom stereocenters. The van der Waals surface area contributed by atoms with Crippen molar-refractivity contribution in [1.82, 2.24) is 9.47 Å². The number of carbonyl (C=O) groups is 1. The Balaban J connectivity index is 1.94. The average Bonchev–Trinajstić information content (AvgIpc) is 2.96. The fraction of sp³-hybridized carbons (Fsp3) is 0.286. The summed E-state index contributed by atoms with van der Waals surface area (Å²) >= 11 is 6.54. The molecule has 0 fully saturated rings. The third-order valence-electron chi connectivity index (χ3n) is 4.74. The van der Waals surface area contributed by atoms with Gasteiger partial charge in [0.1, 0.15) is 5.69 Å². The lowest BCUT2D eigenvalue weighted by atomic mass is 10.1. The molecule has 1 aromatic heterocycles. The predicted octanol–water partition coefficient (Wildman–Crippen LogP) is 4.51. The van der Waals surface area contributed by atoms with Crippen LogP contribution in [0, 0.1) is 0 Å². The van der Waals surface area contributed by atoms with Gasteiger partial charge in [0.25, 0.3) is 5.91 Å². The van der Waals surface area contributed by atoms with Crippen molar-refractivity contribution < 1.29 is 14.3 Å². The Kier molecular flexibility index (Phi) is 5.61. The molecule has 6 heteroatoms. The van der Waals surface area contributed by atoms with Crippen LogP contribution in [0.1, 0.15) is 23.0 Å². The predicted molar refractivity (Wildman–Crippen MR) is 108 cm³/mol. The number of aromatic nitrogens is 1. The summed E-state index contributed by atoms with van der Waals surface area (Å²) in [6, 6.07) is 13.4. The van der Waals surface area contributed by atoms with E-state index in [9.17, 15) is 4.79 Å². The molecule has 3 aromatic rings. The number of carbonyl (C=O) groups excluding carboxylic acids is 1. The van der Waals surface area contributed by atoms with Crippen molar-refractivity contribution in [3.8, 4) is 11.5 Å². The van der Waals surface area contributed by atoms with Crippen molar-refractivity contribution in [2.24, 2.45) is 7.05 Å². The van der Waals surface area contributed by atoms with Crippen molar-refractivity contribution in [2.45, 2.75) is 13.5 Å². The quantitative estimate of drug-likeness (QED) is 0.626. The Bertz CT molecular complexity index is 942. The zero-order valence-corrected chi connectivity index (χ0v) is 16.7. The maximum absolute atomic E-state index is 13.2. The van der Waals surface area contributed by atoms with Crippen molar-refractivity contribution in [3.05, 3.63) is 58.7 Å². The number of methoxy groups -OCH3 is 2. The van der Waals surface area contributed by atoms with Crippen LogP contribution in [0.3, 0.4) is 0 Å². The van der Waals surface area contributed by atoms with Crippen LogP contribution in [0.25, 0.3) is 10.9 Å². The lowest BCUT2D eigenvalue weighted by Crippen LogP contribution is -2.31. The molecule has 5 nitrogen and oxygen atoms in total. The molecule has 0 saturated heterocycles. The van der Waals surface area contributed by atoms with Crippen LogP contribution in [-0.2, 0) is 13.6 Å². The van der Waals surface area contributed by atoms with Gasteiger partial charge in [-0.1, -0.05) is 35.9 Å². The molecule has 3 rings (SSSR count). The summed E-state index contributed by atoms with van der Waals surface area (Å²) in [6.45, 7) is 2.97. The van der Waals surface area contributed by atoms with Gasteiger partial charge in [0.05, 0.1) is 19.2 Å². The van der Waals surface area contributed by atoms with E-state index in [-0.39, 0.29) is 5.91 Å². The molecule has 0 radical (unpaired) electrons. The van der Waals surface area contributed by atoms with E-state index in [2.05, 4.69) is 0 Å². The lowest BCUT2D eigenvalue weighted by Gasteiger charge is -2.22. The topological polar surface area (TPSA) is 43.7 Å². The molecular weight excluding hydrogens is 364 g/mol. The van der Waals surface area contributed by atoms with Crippen LogP contribution < -0.4 is 9.47 Å². The summed E-state index contributed by atoms with van der Waals surface area (Å²) in [6.07, 6.45) is 0. The summed E-state index contributed by atoms with van der Waals surface area (Å²) in [5.41, 5.74) is 2.39. The van der Waals surface area contributed by atoms with Gasteiger partial charge in [-0.15, -0.1) is 0 Å². The first kappa shape index (κ1) is 19.1. The molecule has 0 aliphatic rings. The number of hydrogen-bond donors (Lipinski definition) is 0. The monoisotopic (exact) mass is 386 g/mol. The second-order valence-electron chi connectivity index (χ2n) is 6.25. The molecule has 0 aliphatic carbocycles. The van der Waals surface area contributed by atoms with Gasteiger partial charge in [0.2, 0.25) is 0 Å². The Labute approximate surface area is 164 Å². The van der Waals surface area contributed by atoms with E-state index < -0.39 is 0 Å². The number of nitrogens with zero attached hydrogens (tertiary/aromatic N) is 2. The number of hydrogen-bond acceptors (Lipinski definition) is 3. The maximum atomic E-state index is 13.2. The van der Waals surface area contributed by atoms with E-state index >= 15 is 0 Å². The van der Waals surface area contributed by atoms with Crippen LogP contribution >= 0.6 is 11.6 Å². The summed E-state index contributed by atoms with van der Waals surface area (Å²) in [5, 5.41) is 1.37. The Morgan fingerprint density at radius 3 is 2.44 bits per heavy atom. The van der Waals surface area contributed by atoms with Crippen LogP contribution in [0.5, 0.6) is 11.5 Å². The number of rotatable bonds is 6. The van der Waals surface area contributed by atoms with Crippen LogP contribution in [-0.4, -0.2) is 36.1 Å². The molecule has 0 spiro atoms. The Morgan fingerprint density at radius 1 is 1.11 bits per heavy atom. The highest BCUT2D eigenvalue weighted by molar-refractivity contribution is 6.38. The molecule has 1 amide bonds. The third-order valence-corrected chi connectivity index (χ3v) is 5.12. The molecule has 1 heterocycles. The number of fused-ring (bicyclic) bond motifs is 1. The van der Waals surface area contributed by atoms with E-state index in [1.54, 1.807) is 19.1 Å². The highest BCUT2D eigenvalue weighted by Gasteiger charge is 2.24. The maximum Gasteiger partial charge on any atom is 0.272 e. The largest absolute Gasteiger partial charge is 0.493 e. The highest BCUT2D eigenvalue weighted by Crippen LogP contribution is 2.32. The third kappa shape index (κ3) is 3.47. The van der Waals surface area contributed by atoms with Crippen molar-refractivity contribution in [3.63, 3.8) is 0 Å². The Hall–Kier alpha value is -2.66. The van der Waals surface area contributed by atoms with E-state index in [0.717, 1.165) is 16.5 Å². The van der Waals surface area contributed by atoms with E-state index in [4.69, 9.17) is 21.1 Å². The van der Waals surface area contributed by atoms with Crippen LogP contribution in [0.15, 0.2) is 42.5 Å². The first-order valence-electron chi connectivity index (χ1n) is 8.74. The zero-order valence-electron chi connectivity index (χ0n) is 16.0. The highest BCUT2D eigenvalue weighted by atomic mass is 35.5. The molecule has 2 aromatic carbocycles. The first-order valence-corrected chi connectivity index (χ1v) is 9.12. The molecule has 0 bridgehead atoms. The second kappa shape index (κ2) is 7.92. The van der Waals surface area contributed by atoms with Crippen LogP contribution in [0.4, 0.5) is 0 Å². The van der Waals surface area contributed by atoms with Gasteiger partial charge < -0.3 is 18.9 Å². The van der Waals surface area contributed by atoms with Crippen molar-refractivity contribution >= 4 is 28.4 Å². The minimum atomic E-state index is -0.101. The number of ether oxygens (including phenoxy) is 2. The SMILES string of the molecule is CCN(Cc1ccc(OC)c(OC)c1)C(=O)c1c(Cl)c2ccccc2n1C. The smallest absolute Gasteiger partial charge is 0.272 e. The normalized spacial score (nSPS) is 10.9. The number of halogens is 1. The van der Waals surface area contributed by atoms with Crippen molar-refractivity contribution in [1.29, 1.82) is 0 Å². The van der Waals surface area contributed by atoms with Gasteiger partial charge in [-0.2, -0.15) is 0 Å². The standard InChI is InChI=1S/C21H23ClN2O3/c1-5-24(13-14-10-11-17(26-3)18(12-14)27-4)21(25)20-19(22)15-8-6-7-9-16(15)23(20)2/h6-12H,5,13H2,1-4H3. The number of amides is 1. The van der Waals surface area contributed by atoms with E-state index in [1.807, 2.05) is 61.0 Å². The minimum absolute atomic E-state index is 0.101. The fourth-order valence-corrected chi connectivity index (χ4v) is 3.63. The molecule has 27 heavy (non-hydrogen) atoms. The molecule has 142 valence electrons. The van der Waals surface area contributed by atoms with Gasteiger partial charge >= 0.3 is 0 Å². The van der Waals surface area contributed by atoms with Gasteiger partial charge in [-0.3, -0.25) is 4.79 Å². The summed E-state index contributed by atoms with van der Waals surface area (Å²) in [5.74, 6) is 1.20. The fourth-order valence-electron chi connectivity index (χ4n) is 3.26. The van der Waals surface area contributed by atoms with Gasteiger partial charge in [0.15, 0.2) is 11.5 Å². The van der Waals surface area contributed by atoms with Crippen molar-refractivity contribution in [2.75, 3.05) is 20.8 Å². The summed E-state index contributed by atoms with van der Waals surface area (Å²) < 4.78 is 12.5. The molecular formula is C21H23ClN2O3. The first-order chi connectivity index (χ1) is 13.0. The molecule has 0 unspecified atom stereocenters. The minimum Gasteiger partial charge on any atom is -0.493 e. The molecule has 0 aliphatic heterocycles. The summed E-state index contributed by atoms with van der Waals surface area (Å²) in [7, 11) is 5.06. The van der Waals surface area contributed by atoms with Gasteiger partial charge in [-0.25, -0.2) is 0 Å². The Morgan fingerprint density at radius 2 is 1.81 bits per heavy atom. The van der Waals surface area contributed by atoms with E-state index in [0.29, 0.717) is 35.3 Å². The summed E-state index contributed by atoms with van der Waals surface area (Å²) in [4.78, 5) is 15.0. The van der Waals surface area contributed by atoms with Gasteiger partial charge in [-0.05, 0) is 30.7 Å². The molecule has 0 saturated carbocycles. The number of benzene rings is 2. The van der Waals surface area contributed by atoms with Gasteiger partial charge in [0, 0.05) is 31.0 Å². The zero-order chi connectivity index (χ0) is 19.6. The van der Waals surface area contributed by atoms with Crippen LogP contribution in [0.2, 0.25) is 5.02 Å². The average molecular weight is 387 g/mol. The second-order valence-corrected chi connectivity index (χ2v) is 6.63. The number of para-hydroxylation sites is 1. The van der Waals surface area contributed by atoms with E-state index in [1.165, 1.54) is 0 Å². The number of aryl methyl sites for hydroxylation is 1.